The van der Waals surface area contributed by atoms with E-state index in [9.17, 15) is 9.59 Å². The Bertz CT molecular complexity index is 703. The molecule has 0 aliphatic rings. The SMILES string of the molecule is CC[C@H](NC(=O)Nc1cccc(N(C)C(C)=O)c1)c1ccncc1. The van der Waals surface area contributed by atoms with Gasteiger partial charge < -0.3 is 15.5 Å². The molecular weight excluding hydrogens is 304 g/mol. The number of hydrogen-bond donors (Lipinski definition) is 2. The van der Waals surface area contributed by atoms with Gasteiger partial charge in [0.25, 0.3) is 0 Å². The van der Waals surface area contributed by atoms with E-state index in [1.165, 1.54) is 11.8 Å². The van der Waals surface area contributed by atoms with Crippen molar-refractivity contribution in [3.05, 3.63) is 54.4 Å². The number of aromatic nitrogens is 1. The van der Waals surface area contributed by atoms with Gasteiger partial charge in [0.1, 0.15) is 0 Å². The summed E-state index contributed by atoms with van der Waals surface area (Å²) in [6.45, 7) is 3.50. The van der Waals surface area contributed by atoms with Crippen LogP contribution in [0, 0.1) is 0 Å². The molecule has 0 bridgehead atoms. The van der Waals surface area contributed by atoms with Gasteiger partial charge in [0, 0.05) is 37.7 Å². The first-order chi connectivity index (χ1) is 11.5. The minimum Gasteiger partial charge on any atom is -0.331 e. The van der Waals surface area contributed by atoms with Crippen molar-refractivity contribution in [3.8, 4) is 0 Å². The van der Waals surface area contributed by atoms with Gasteiger partial charge in [0.2, 0.25) is 5.91 Å². The number of benzene rings is 1. The predicted molar refractivity (Wildman–Crippen MR) is 94.9 cm³/mol. The van der Waals surface area contributed by atoms with Crippen molar-refractivity contribution >= 4 is 23.3 Å². The summed E-state index contributed by atoms with van der Waals surface area (Å²) < 4.78 is 0. The summed E-state index contributed by atoms with van der Waals surface area (Å²) in [5.41, 5.74) is 2.36. The lowest BCUT2D eigenvalue weighted by atomic mass is 10.1. The lowest BCUT2D eigenvalue weighted by Gasteiger charge is -2.19. The van der Waals surface area contributed by atoms with E-state index >= 15 is 0 Å². The number of carbonyl (C=O) groups is 2. The number of pyridine rings is 1. The molecule has 0 fully saturated rings. The van der Waals surface area contributed by atoms with Gasteiger partial charge in [-0.15, -0.1) is 0 Å². The van der Waals surface area contributed by atoms with Gasteiger partial charge in [-0.3, -0.25) is 9.78 Å². The van der Waals surface area contributed by atoms with Gasteiger partial charge in [-0.25, -0.2) is 4.79 Å². The Labute approximate surface area is 141 Å². The van der Waals surface area contributed by atoms with Crippen LogP contribution in [0.15, 0.2) is 48.8 Å². The number of amides is 3. The molecule has 0 spiro atoms. The van der Waals surface area contributed by atoms with Crippen LogP contribution in [0.2, 0.25) is 0 Å². The number of anilines is 2. The number of urea groups is 1. The van der Waals surface area contributed by atoms with Crippen LogP contribution in [0.1, 0.15) is 31.9 Å². The van der Waals surface area contributed by atoms with E-state index in [2.05, 4.69) is 15.6 Å². The molecular formula is C18H22N4O2. The van der Waals surface area contributed by atoms with Crippen molar-refractivity contribution in [2.24, 2.45) is 0 Å². The minimum absolute atomic E-state index is 0.0691. The first kappa shape index (κ1) is 17.5. The molecule has 6 nitrogen and oxygen atoms in total. The zero-order valence-electron chi connectivity index (χ0n) is 14.1. The molecule has 24 heavy (non-hydrogen) atoms. The number of nitrogens with one attached hydrogen (secondary N) is 2. The van der Waals surface area contributed by atoms with Gasteiger partial charge in [-0.05, 0) is 42.3 Å². The lowest BCUT2D eigenvalue weighted by Crippen LogP contribution is -2.32. The van der Waals surface area contributed by atoms with Crippen molar-refractivity contribution < 1.29 is 9.59 Å². The largest absolute Gasteiger partial charge is 0.331 e. The number of nitrogens with zero attached hydrogens (tertiary/aromatic N) is 2. The standard InChI is InChI=1S/C18H22N4O2/c1-4-17(14-8-10-19-11-9-14)21-18(24)20-15-6-5-7-16(12-15)22(3)13(2)23/h5-12,17H,4H2,1-3H3,(H2,20,21,24)/t17-/m0/s1. The van der Waals surface area contributed by atoms with Gasteiger partial charge >= 0.3 is 6.03 Å². The van der Waals surface area contributed by atoms with Crippen LogP contribution in [0.25, 0.3) is 0 Å². The summed E-state index contributed by atoms with van der Waals surface area (Å²) in [4.78, 5) is 29.2. The molecule has 0 unspecified atom stereocenters. The predicted octanol–water partition coefficient (Wildman–Crippen LogP) is 3.34. The van der Waals surface area contributed by atoms with Crippen LogP contribution in [0.5, 0.6) is 0 Å². The molecule has 3 amide bonds. The Morgan fingerprint density at radius 3 is 2.54 bits per heavy atom. The molecule has 0 saturated carbocycles. The highest BCUT2D eigenvalue weighted by Crippen LogP contribution is 2.19. The second-order valence-electron chi connectivity index (χ2n) is 5.47. The highest BCUT2D eigenvalue weighted by molar-refractivity contribution is 5.93. The maximum atomic E-state index is 12.3. The van der Waals surface area contributed by atoms with Crippen molar-refractivity contribution in [1.29, 1.82) is 0 Å². The van der Waals surface area contributed by atoms with E-state index in [-0.39, 0.29) is 18.0 Å². The van der Waals surface area contributed by atoms with Gasteiger partial charge in [-0.2, -0.15) is 0 Å². The molecule has 0 aliphatic heterocycles. The Kier molecular flexibility index (Phi) is 5.89. The van der Waals surface area contributed by atoms with Crippen molar-refractivity contribution in [2.75, 3.05) is 17.3 Å². The Morgan fingerprint density at radius 1 is 1.21 bits per heavy atom. The van der Waals surface area contributed by atoms with Gasteiger partial charge in [0.05, 0.1) is 6.04 Å². The average Bonchev–Trinajstić information content (AvgIpc) is 2.59. The third-order valence-electron chi connectivity index (χ3n) is 3.79. The van der Waals surface area contributed by atoms with E-state index in [4.69, 9.17) is 0 Å². The number of rotatable bonds is 5. The zero-order chi connectivity index (χ0) is 17.5. The monoisotopic (exact) mass is 326 g/mol. The van der Waals surface area contributed by atoms with Crippen LogP contribution >= 0.6 is 0 Å². The van der Waals surface area contributed by atoms with Crippen molar-refractivity contribution in [1.82, 2.24) is 10.3 Å². The van der Waals surface area contributed by atoms with Gasteiger partial charge in [0.15, 0.2) is 0 Å². The molecule has 1 aromatic carbocycles. The highest BCUT2D eigenvalue weighted by Gasteiger charge is 2.13. The van der Waals surface area contributed by atoms with E-state index in [0.717, 1.165) is 17.7 Å². The Morgan fingerprint density at radius 2 is 1.92 bits per heavy atom. The first-order valence-corrected chi connectivity index (χ1v) is 7.83. The van der Waals surface area contributed by atoms with Crippen LogP contribution in [0.4, 0.5) is 16.2 Å². The molecule has 126 valence electrons. The quantitative estimate of drug-likeness (QED) is 0.885. The molecule has 1 atom stereocenters. The van der Waals surface area contributed by atoms with E-state index < -0.39 is 0 Å². The summed E-state index contributed by atoms with van der Waals surface area (Å²) >= 11 is 0. The fourth-order valence-corrected chi connectivity index (χ4v) is 2.32. The fraction of sp³-hybridized carbons (Fsp3) is 0.278. The topological polar surface area (TPSA) is 74.3 Å². The Hall–Kier alpha value is -2.89. The third kappa shape index (κ3) is 4.55. The smallest absolute Gasteiger partial charge is 0.319 e. The molecule has 2 aromatic rings. The molecule has 0 aliphatic carbocycles. The van der Waals surface area contributed by atoms with Crippen LogP contribution in [-0.2, 0) is 4.79 Å². The van der Waals surface area contributed by atoms with E-state index in [0.29, 0.717) is 5.69 Å². The lowest BCUT2D eigenvalue weighted by molar-refractivity contribution is -0.116. The summed E-state index contributed by atoms with van der Waals surface area (Å²) in [6, 6.07) is 10.5. The second kappa shape index (κ2) is 8.10. The Balaban J connectivity index is 2.04. The summed E-state index contributed by atoms with van der Waals surface area (Å²) in [5, 5.41) is 5.75. The summed E-state index contributed by atoms with van der Waals surface area (Å²) in [5.74, 6) is -0.0691. The minimum atomic E-state index is -0.290. The highest BCUT2D eigenvalue weighted by atomic mass is 16.2. The van der Waals surface area contributed by atoms with Crippen molar-refractivity contribution in [2.45, 2.75) is 26.3 Å². The molecule has 0 saturated heterocycles. The molecule has 6 heteroatoms. The van der Waals surface area contributed by atoms with Crippen LogP contribution < -0.4 is 15.5 Å². The molecule has 0 radical (unpaired) electrons. The van der Waals surface area contributed by atoms with Gasteiger partial charge in [-0.1, -0.05) is 13.0 Å². The van der Waals surface area contributed by atoms with Crippen LogP contribution in [-0.4, -0.2) is 24.0 Å². The maximum absolute atomic E-state index is 12.3. The summed E-state index contributed by atoms with van der Waals surface area (Å²) in [6.07, 6.45) is 4.18. The summed E-state index contributed by atoms with van der Waals surface area (Å²) in [7, 11) is 1.69. The zero-order valence-corrected chi connectivity index (χ0v) is 14.1. The second-order valence-corrected chi connectivity index (χ2v) is 5.47. The van der Waals surface area contributed by atoms with Crippen LogP contribution in [0.3, 0.4) is 0 Å². The van der Waals surface area contributed by atoms with E-state index in [1.807, 2.05) is 25.1 Å². The maximum Gasteiger partial charge on any atom is 0.319 e. The number of hydrogen-bond acceptors (Lipinski definition) is 3. The normalized spacial score (nSPS) is 11.5. The third-order valence-corrected chi connectivity index (χ3v) is 3.79. The van der Waals surface area contributed by atoms with E-state index in [1.54, 1.807) is 37.6 Å². The number of carbonyl (C=O) groups excluding carboxylic acids is 2. The molecule has 1 aromatic heterocycles. The first-order valence-electron chi connectivity index (χ1n) is 7.83. The molecule has 2 N–H and O–H groups in total. The molecule has 2 rings (SSSR count). The fourth-order valence-electron chi connectivity index (χ4n) is 2.32. The van der Waals surface area contributed by atoms with Crippen molar-refractivity contribution in [3.63, 3.8) is 0 Å². The molecule has 1 heterocycles. The average molecular weight is 326 g/mol.